The third-order valence-corrected chi connectivity index (χ3v) is 17.4. The summed E-state index contributed by atoms with van der Waals surface area (Å²) in [7, 11) is 0. The minimum atomic E-state index is -0.664. The van der Waals surface area contributed by atoms with Crippen molar-refractivity contribution in [3.8, 4) is 0 Å². The second-order valence-corrected chi connectivity index (χ2v) is 25.3. The van der Waals surface area contributed by atoms with E-state index in [1.807, 2.05) is 0 Å². The Balaban J connectivity index is 3.36. The van der Waals surface area contributed by atoms with Crippen LogP contribution in [-0.2, 0) is 14.3 Å². The van der Waals surface area contributed by atoms with Gasteiger partial charge in [-0.15, -0.1) is 0 Å². The molecule has 0 aromatic carbocycles. The van der Waals surface area contributed by atoms with Gasteiger partial charge in [-0.3, -0.25) is 9.59 Å². The number of esters is 1. The molecule has 0 aromatic rings. The molecule has 0 aliphatic rings. The van der Waals surface area contributed by atoms with Crippen LogP contribution in [0, 0.1) is 0 Å². The van der Waals surface area contributed by atoms with Crippen molar-refractivity contribution in [3.05, 3.63) is 0 Å². The van der Waals surface area contributed by atoms with Gasteiger partial charge in [0.15, 0.2) is 0 Å². The van der Waals surface area contributed by atoms with Gasteiger partial charge >= 0.3 is 5.97 Å². The van der Waals surface area contributed by atoms with E-state index in [1.165, 1.54) is 353 Å². The number of unbranched alkanes of at least 4 members (excludes halogenated alkanes) is 58. The molecule has 78 heavy (non-hydrogen) atoms. The Hall–Kier alpha value is -1.14. The second kappa shape index (κ2) is 68.4. The molecule has 0 saturated heterocycles. The number of carbonyl (C=O) groups excluding carboxylic acids is 2. The Morgan fingerprint density at radius 1 is 0.308 bits per heavy atom. The molecule has 0 bridgehead atoms. The molecule has 6 nitrogen and oxygen atoms in total. The largest absolute Gasteiger partial charge is 0.466 e. The van der Waals surface area contributed by atoms with Crippen LogP contribution in [0.1, 0.15) is 425 Å². The topological polar surface area (TPSA) is 95.9 Å². The third-order valence-electron chi connectivity index (χ3n) is 17.4. The number of aliphatic hydroxyl groups excluding tert-OH is 2. The molecule has 0 rings (SSSR count). The lowest BCUT2D eigenvalue weighted by atomic mass is 10.0. The van der Waals surface area contributed by atoms with Gasteiger partial charge in [0.2, 0.25) is 5.91 Å². The highest BCUT2D eigenvalue weighted by atomic mass is 16.5. The maximum atomic E-state index is 12.6. The van der Waals surface area contributed by atoms with Gasteiger partial charge < -0.3 is 20.3 Å². The molecule has 0 radical (unpaired) electrons. The standard InChI is InChI=1S/C72H143NO5/c1-3-5-7-9-11-13-15-17-19-20-21-22-23-25-28-31-34-37-40-44-48-52-56-60-64-70(75)69(68-74)73-71(76)65-61-57-53-49-45-41-38-35-32-29-26-24-27-30-33-36-39-43-47-51-55-59-63-67-78-72(77)66-62-58-54-50-46-42-18-16-14-12-10-8-6-4-2/h69-70,74-75H,3-68H2,1-2H3,(H,73,76). The average molecular weight is 1100 g/mol. The fraction of sp³-hybridized carbons (Fsp3) is 0.972. The molecular weight excluding hydrogens is 959 g/mol. The highest BCUT2D eigenvalue weighted by Gasteiger charge is 2.20. The number of hydrogen-bond donors (Lipinski definition) is 3. The van der Waals surface area contributed by atoms with Gasteiger partial charge in [0.1, 0.15) is 0 Å². The lowest BCUT2D eigenvalue weighted by Gasteiger charge is -2.22. The fourth-order valence-electron chi connectivity index (χ4n) is 11.9. The zero-order chi connectivity index (χ0) is 56.4. The maximum absolute atomic E-state index is 12.6. The van der Waals surface area contributed by atoms with E-state index in [0.717, 1.165) is 38.5 Å². The number of aliphatic hydroxyl groups is 2. The zero-order valence-electron chi connectivity index (χ0n) is 53.4. The van der Waals surface area contributed by atoms with Gasteiger partial charge in [-0.05, 0) is 25.7 Å². The van der Waals surface area contributed by atoms with Crippen molar-refractivity contribution in [2.75, 3.05) is 13.2 Å². The number of nitrogens with one attached hydrogen (secondary N) is 1. The number of carbonyl (C=O) groups is 2. The van der Waals surface area contributed by atoms with E-state index in [1.54, 1.807) is 0 Å². The number of ether oxygens (including phenoxy) is 1. The van der Waals surface area contributed by atoms with Gasteiger partial charge in [-0.25, -0.2) is 0 Å². The van der Waals surface area contributed by atoms with Crippen LogP contribution in [0.2, 0.25) is 0 Å². The Morgan fingerprint density at radius 2 is 0.526 bits per heavy atom. The Morgan fingerprint density at radius 3 is 0.782 bits per heavy atom. The Bertz CT molecular complexity index is 1130. The zero-order valence-corrected chi connectivity index (χ0v) is 53.4. The molecule has 0 aliphatic carbocycles. The van der Waals surface area contributed by atoms with Crippen LogP contribution in [-0.4, -0.2) is 47.4 Å². The first-order chi connectivity index (χ1) is 38.5. The van der Waals surface area contributed by atoms with Gasteiger partial charge in [0, 0.05) is 12.8 Å². The van der Waals surface area contributed by atoms with Crippen LogP contribution in [0.25, 0.3) is 0 Å². The summed E-state index contributed by atoms with van der Waals surface area (Å²) in [5.41, 5.74) is 0. The molecule has 3 N–H and O–H groups in total. The van der Waals surface area contributed by atoms with Gasteiger partial charge in [-0.1, -0.05) is 386 Å². The minimum Gasteiger partial charge on any atom is -0.466 e. The first-order valence-corrected chi connectivity index (χ1v) is 36.3. The van der Waals surface area contributed by atoms with Gasteiger partial charge in [0.05, 0.1) is 25.4 Å². The molecular formula is C72H143NO5. The summed E-state index contributed by atoms with van der Waals surface area (Å²) in [4.78, 5) is 24.6. The molecule has 466 valence electrons. The van der Waals surface area contributed by atoms with E-state index in [2.05, 4.69) is 19.2 Å². The van der Waals surface area contributed by atoms with Crippen LogP contribution in [0.5, 0.6) is 0 Å². The predicted molar refractivity (Wildman–Crippen MR) is 343 cm³/mol. The summed E-state index contributed by atoms with van der Waals surface area (Å²) >= 11 is 0. The van der Waals surface area contributed by atoms with Gasteiger partial charge in [0.25, 0.3) is 0 Å². The first kappa shape index (κ1) is 76.9. The lowest BCUT2D eigenvalue weighted by molar-refractivity contribution is -0.143. The molecule has 2 atom stereocenters. The minimum absolute atomic E-state index is 0.0183. The maximum Gasteiger partial charge on any atom is 0.305 e. The summed E-state index contributed by atoms with van der Waals surface area (Å²) < 4.78 is 5.50. The summed E-state index contributed by atoms with van der Waals surface area (Å²) in [5.74, 6) is -0.00999. The smallest absolute Gasteiger partial charge is 0.305 e. The lowest BCUT2D eigenvalue weighted by Crippen LogP contribution is -2.45. The quantitative estimate of drug-likeness (QED) is 0.0417. The summed E-state index contributed by atoms with van der Waals surface area (Å²) in [6.45, 7) is 5.01. The van der Waals surface area contributed by atoms with Crippen LogP contribution < -0.4 is 5.32 Å². The second-order valence-electron chi connectivity index (χ2n) is 25.3. The molecule has 2 unspecified atom stereocenters. The highest BCUT2D eigenvalue weighted by molar-refractivity contribution is 5.76. The van der Waals surface area contributed by atoms with Crippen molar-refractivity contribution < 1.29 is 24.5 Å². The number of amides is 1. The summed E-state index contributed by atoms with van der Waals surface area (Å²) in [5, 5.41) is 23.5. The van der Waals surface area contributed by atoms with Crippen molar-refractivity contribution in [3.63, 3.8) is 0 Å². The number of rotatable bonds is 69. The summed E-state index contributed by atoms with van der Waals surface area (Å²) in [6, 6.07) is -0.541. The predicted octanol–water partition coefficient (Wildman–Crippen LogP) is 23.4. The van der Waals surface area contributed by atoms with Crippen LogP contribution in [0.3, 0.4) is 0 Å². The Labute approximate surface area is 489 Å². The van der Waals surface area contributed by atoms with E-state index in [0.29, 0.717) is 25.9 Å². The first-order valence-electron chi connectivity index (χ1n) is 36.3. The molecule has 1 amide bonds. The average Bonchev–Trinajstić information content (AvgIpc) is 3.44. The number of hydrogen-bond acceptors (Lipinski definition) is 5. The van der Waals surface area contributed by atoms with Crippen LogP contribution in [0.4, 0.5) is 0 Å². The van der Waals surface area contributed by atoms with Gasteiger partial charge in [-0.2, -0.15) is 0 Å². The molecule has 0 saturated carbocycles. The Kier molecular flexibility index (Phi) is 67.4. The molecule has 0 aliphatic heterocycles. The van der Waals surface area contributed by atoms with Crippen molar-refractivity contribution in [2.24, 2.45) is 0 Å². The molecule has 6 heteroatoms. The molecule has 0 aromatic heterocycles. The van der Waals surface area contributed by atoms with E-state index in [4.69, 9.17) is 4.74 Å². The van der Waals surface area contributed by atoms with E-state index in [9.17, 15) is 19.8 Å². The molecule has 0 fully saturated rings. The highest BCUT2D eigenvalue weighted by Crippen LogP contribution is 2.20. The van der Waals surface area contributed by atoms with E-state index in [-0.39, 0.29) is 18.5 Å². The normalized spacial score (nSPS) is 12.4. The monoisotopic (exact) mass is 1100 g/mol. The van der Waals surface area contributed by atoms with Crippen molar-refractivity contribution in [1.82, 2.24) is 5.32 Å². The van der Waals surface area contributed by atoms with E-state index >= 15 is 0 Å². The third kappa shape index (κ3) is 64.0. The van der Waals surface area contributed by atoms with Crippen molar-refractivity contribution in [2.45, 2.75) is 437 Å². The SMILES string of the molecule is CCCCCCCCCCCCCCCCCCCCCCCCCCC(O)C(CO)NC(=O)CCCCCCCCCCCCCCCCCCCCCCCCCOC(=O)CCCCCCCCCCCCCCCC. The fourth-order valence-corrected chi connectivity index (χ4v) is 11.9. The van der Waals surface area contributed by atoms with Crippen molar-refractivity contribution >= 4 is 11.9 Å². The summed E-state index contributed by atoms with van der Waals surface area (Å²) in [6.07, 6.45) is 83.0. The van der Waals surface area contributed by atoms with Crippen LogP contribution >= 0.6 is 0 Å². The molecule has 0 spiro atoms. The molecule has 0 heterocycles. The van der Waals surface area contributed by atoms with E-state index < -0.39 is 12.1 Å². The van der Waals surface area contributed by atoms with Crippen LogP contribution in [0.15, 0.2) is 0 Å². The van der Waals surface area contributed by atoms with Crippen molar-refractivity contribution in [1.29, 1.82) is 0 Å².